The average molecular weight is 352 g/mol. The first-order valence-electron chi connectivity index (χ1n) is 7.44. The molecule has 7 heteroatoms. The third kappa shape index (κ3) is 4.21. The Balaban J connectivity index is 1.73. The van der Waals surface area contributed by atoms with Crippen molar-refractivity contribution in [1.29, 1.82) is 0 Å². The van der Waals surface area contributed by atoms with Crippen LogP contribution in [0.25, 0.3) is 11.1 Å². The van der Waals surface area contributed by atoms with Gasteiger partial charge in [-0.25, -0.2) is 9.78 Å². The summed E-state index contributed by atoms with van der Waals surface area (Å²) in [7, 11) is 1.37. The minimum atomic E-state index is -0.346. The van der Waals surface area contributed by atoms with Crippen LogP contribution in [0.3, 0.4) is 0 Å². The van der Waals surface area contributed by atoms with Crippen LogP contribution in [0.4, 0.5) is 10.9 Å². The molecule has 0 fully saturated rings. The van der Waals surface area contributed by atoms with Gasteiger partial charge in [0.05, 0.1) is 18.9 Å². The number of nitrogens with one attached hydrogen (secondary N) is 1. The van der Waals surface area contributed by atoms with Gasteiger partial charge in [-0.15, -0.1) is 11.3 Å². The number of nitrogens with two attached hydrogens (primary N) is 1. The summed E-state index contributed by atoms with van der Waals surface area (Å²) in [6.07, 6.45) is 1.71. The number of hydrogen-bond acceptors (Lipinski definition) is 7. The lowest BCUT2D eigenvalue weighted by Gasteiger charge is -2.04. The molecule has 0 bridgehead atoms. The summed E-state index contributed by atoms with van der Waals surface area (Å²) < 4.78 is 4.71. The van der Waals surface area contributed by atoms with Crippen LogP contribution in [0, 0.1) is 0 Å². The molecular weight excluding hydrogens is 336 g/mol. The van der Waals surface area contributed by atoms with E-state index in [2.05, 4.69) is 15.5 Å². The van der Waals surface area contributed by atoms with Crippen molar-refractivity contribution < 1.29 is 9.53 Å². The number of nitrogen functional groups attached to an aromatic ring is 1. The molecule has 0 saturated carbocycles. The molecule has 6 nitrogen and oxygen atoms in total. The third-order valence-electron chi connectivity index (χ3n) is 3.42. The Morgan fingerprint density at radius 1 is 1.24 bits per heavy atom. The van der Waals surface area contributed by atoms with Gasteiger partial charge in [0.1, 0.15) is 5.82 Å². The second-order valence-electron chi connectivity index (χ2n) is 5.14. The molecule has 3 aromatic rings. The fourth-order valence-electron chi connectivity index (χ4n) is 2.21. The van der Waals surface area contributed by atoms with E-state index in [0.29, 0.717) is 16.5 Å². The highest BCUT2D eigenvalue weighted by molar-refractivity contribution is 7.14. The fourth-order valence-corrected chi connectivity index (χ4v) is 2.76. The van der Waals surface area contributed by atoms with E-state index in [0.717, 1.165) is 16.7 Å². The van der Waals surface area contributed by atoms with E-state index in [1.807, 2.05) is 36.4 Å². The van der Waals surface area contributed by atoms with Crippen molar-refractivity contribution in [3.8, 4) is 11.1 Å². The first-order valence-corrected chi connectivity index (χ1v) is 8.32. The minimum absolute atomic E-state index is 0.346. The lowest BCUT2D eigenvalue weighted by Crippen LogP contribution is -2.00. The van der Waals surface area contributed by atoms with E-state index in [1.165, 1.54) is 18.4 Å². The highest BCUT2D eigenvalue weighted by atomic mass is 32.1. The van der Waals surface area contributed by atoms with Crippen LogP contribution in [0.5, 0.6) is 0 Å². The van der Waals surface area contributed by atoms with Gasteiger partial charge in [-0.2, -0.15) is 5.10 Å². The zero-order valence-electron chi connectivity index (χ0n) is 13.5. The zero-order chi connectivity index (χ0) is 17.6. The summed E-state index contributed by atoms with van der Waals surface area (Å²) in [4.78, 5) is 15.6. The number of aromatic nitrogens is 1. The van der Waals surface area contributed by atoms with Crippen molar-refractivity contribution >= 4 is 34.5 Å². The molecule has 3 rings (SSSR count). The topological polar surface area (TPSA) is 89.6 Å². The molecule has 2 aromatic carbocycles. The van der Waals surface area contributed by atoms with Crippen molar-refractivity contribution in [2.75, 3.05) is 18.3 Å². The molecule has 25 heavy (non-hydrogen) atoms. The first-order chi connectivity index (χ1) is 12.2. The minimum Gasteiger partial charge on any atom is -0.465 e. The molecular formula is C18H16N4O2S. The van der Waals surface area contributed by atoms with Crippen molar-refractivity contribution in [2.24, 2.45) is 5.10 Å². The summed E-state index contributed by atoms with van der Waals surface area (Å²) in [6, 6.07) is 15.2. The van der Waals surface area contributed by atoms with Gasteiger partial charge < -0.3 is 10.5 Å². The number of hydrogen-bond donors (Lipinski definition) is 2. The van der Waals surface area contributed by atoms with Crippen LogP contribution in [0.1, 0.15) is 15.9 Å². The number of ether oxygens (including phenoxy) is 1. The Morgan fingerprint density at radius 3 is 2.72 bits per heavy atom. The summed E-state index contributed by atoms with van der Waals surface area (Å²) >= 11 is 1.39. The smallest absolute Gasteiger partial charge is 0.337 e. The van der Waals surface area contributed by atoms with Crippen LogP contribution in [-0.4, -0.2) is 24.3 Å². The van der Waals surface area contributed by atoms with Crippen LogP contribution < -0.4 is 11.2 Å². The number of carbonyl (C=O) groups is 1. The van der Waals surface area contributed by atoms with Crippen molar-refractivity contribution in [3.63, 3.8) is 0 Å². The van der Waals surface area contributed by atoms with E-state index in [1.54, 1.807) is 23.7 Å². The second kappa shape index (κ2) is 7.59. The van der Waals surface area contributed by atoms with E-state index in [-0.39, 0.29) is 5.97 Å². The molecule has 0 unspecified atom stereocenters. The number of thiazole rings is 1. The van der Waals surface area contributed by atoms with Gasteiger partial charge in [0.2, 0.25) is 5.13 Å². The molecule has 126 valence electrons. The molecule has 0 atom stereocenters. The van der Waals surface area contributed by atoms with Crippen LogP contribution in [0.15, 0.2) is 59.0 Å². The normalized spacial score (nSPS) is 10.8. The standard InChI is InChI=1S/C18H16N4O2S/c1-24-17(23)14-7-5-13(6-8-14)15-4-2-3-12(9-15)10-20-22-18-21-16(19)11-25-18/h2-11H,19H2,1H3,(H,21,22). The average Bonchev–Trinajstić information content (AvgIpc) is 3.06. The number of esters is 1. The van der Waals surface area contributed by atoms with Gasteiger partial charge in [0, 0.05) is 5.38 Å². The predicted molar refractivity (Wildman–Crippen MR) is 101 cm³/mol. The Bertz CT molecular complexity index is 903. The second-order valence-corrected chi connectivity index (χ2v) is 6.00. The van der Waals surface area contributed by atoms with E-state index in [4.69, 9.17) is 10.5 Å². The number of rotatable bonds is 5. The number of nitrogens with zero attached hydrogens (tertiary/aromatic N) is 2. The van der Waals surface area contributed by atoms with Gasteiger partial charge in [-0.3, -0.25) is 5.43 Å². The van der Waals surface area contributed by atoms with Crippen LogP contribution in [0.2, 0.25) is 0 Å². The molecule has 1 heterocycles. The maximum Gasteiger partial charge on any atom is 0.337 e. The molecule has 3 N–H and O–H groups in total. The summed E-state index contributed by atoms with van der Waals surface area (Å²) in [5, 5.41) is 6.55. The maximum atomic E-state index is 11.5. The fraction of sp³-hybridized carbons (Fsp3) is 0.0556. The lowest BCUT2D eigenvalue weighted by molar-refractivity contribution is 0.0601. The number of benzene rings is 2. The zero-order valence-corrected chi connectivity index (χ0v) is 14.3. The maximum absolute atomic E-state index is 11.5. The SMILES string of the molecule is COC(=O)c1ccc(-c2cccc(C=NNc3nc(N)cs3)c2)cc1. The molecule has 0 spiro atoms. The van der Waals surface area contributed by atoms with E-state index in [9.17, 15) is 4.79 Å². The Kier molecular flexibility index (Phi) is 5.06. The van der Waals surface area contributed by atoms with E-state index < -0.39 is 0 Å². The summed E-state index contributed by atoms with van der Waals surface area (Å²) in [6.45, 7) is 0. The molecule has 0 radical (unpaired) electrons. The van der Waals surface area contributed by atoms with Gasteiger partial charge in [-0.05, 0) is 34.9 Å². The quantitative estimate of drug-likeness (QED) is 0.416. The Labute approximate surface area is 149 Å². The van der Waals surface area contributed by atoms with Gasteiger partial charge in [0.15, 0.2) is 0 Å². The number of anilines is 2. The van der Waals surface area contributed by atoms with Crippen LogP contribution in [-0.2, 0) is 4.74 Å². The highest BCUT2D eigenvalue weighted by Gasteiger charge is 2.05. The first kappa shape index (κ1) is 16.7. The van der Waals surface area contributed by atoms with Crippen molar-refractivity contribution in [2.45, 2.75) is 0 Å². The van der Waals surface area contributed by atoms with E-state index >= 15 is 0 Å². The summed E-state index contributed by atoms with van der Waals surface area (Å²) in [5.74, 6) is 0.126. The number of carbonyl (C=O) groups excluding carboxylic acids is 1. The van der Waals surface area contributed by atoms with Crippen LogP contribution >= 0.6 is 11.3 Å². The summed E-state index contributed by atoms with van der Waals surface area (Å²) in [5.41, 5.74) is 11.9. The Hall–Kier alpha value is -3.19. The predicted octanol–water partition coefficient (Wildman–Crippen LogP) is 3.62. The van der Waals surface area contributed by atoms with Crippen molar-refractivity contribution in [3.05, 3.63) is 65.0 Å². The van der Waals surface area contributed by atoms with Crippen molar-refractivity contribution in [1.82, 2.24) is 4.98 Å². The third-order valence-corrected chi connectivity index (χ3v) is 4.19. The van der Waals surface area contributed by atoms with Gasteiger partial charge >= 0.3 is 5.97 Å². The van der Waals surface area contributed by atoms with Gasteiger partial charge in [-0.1, -0.05) is 30.3 Å². The highest BCUT2D eigenvalue weighted by Crippen LogP contribution is 2.21. The van der Waals surface area contributed by atoms with Gasteiger partial charge in [0.25, 0.3) is 0 Å². The molecule has 0 amide bonds. The molecule has 1 aromatic heterocycles. The largest absolute Gasteiger partial charge is 0.465 e. The molecule has 0 saturated heterocycles. The monoisotopic (exact) mass is 352 g/mol. The Morgan fingerprint density at radius 2 is 2.04 bits per heavy atom. The molecule has 0 aliphatic carbocycles. The lowest BCUT2D eigenvalue weighted by atomic mass is 10.0. The number of methoxy groups -OCH3 is 1. The molecule has 0 aliphatic heterocycles. The molecule has 0 aliphatic rings. The number of hydrazone groups is 1.